The van der Waals surface area contributed by atoms with Crippen LogP contribution in [0, 0.1) is 5.92 Å². The van der Waals surface area contributed by atoms with E-state index >= 15 is 0 Å². The first kappa shape index (κ1) is 27.4. The molecule has 1 atom stereocenters. The van der Waals surface area contributed by atoms with Gasteiger partial charge in [0.1, 0.15) is 6.54 Å². The number of nitrogens with zero attached hydrogens (tertiary/aromatic N) is 5. The number of hydrogen-bond donors (Lipinski definition) is 1. The molecule has 0 spiro atoms. The Morgan fingerprint density at radius 2 is 1.97 bits per heavy atom. The monoisotopic (exact) mass is 574 g/mol. The molecular weight excluding hydrogens is 535 g/mol. The van der Waals surface area contributed by atoms with Crippen LogP contribution in [-0.4, -0.2) is 84.3 Å². The van der Waals surface area contributed by atoms with Gasteiger partial charge >= 0.3 is 5.97 Å². The van der Waals surface area contributed by atoms with Crippen molar-refractivity contribution in [2.75, 3.05) is 46.9 Å². The van der Waals surface area contributed by atoms with E-state index in [-0.39, 0.29) is 48.4 Å². The lowest BCUT2D eigenvalue weighted by atomic mass is 9.89. The van der Waals surface area contributed by atoms with Crippen molar-refractivity contribution in [3.8, 4) is 0 Å². The number of carbonyl (C=O) groups excluding carboxylic acids is 2. The van der Waals surface area contributed by atoms with Crippen molar-refractivity contribution in [1.82, 2.24) is 24.9 Å². The van der Waals surface area contributed by atoms with Gasteiger partial charge in [-0.1, -0.05) is 19.3 Å². The highest BCUT2D eigenvalue weighted by Crippen LogP contribution is 2.24. The molecule has 10 heteroatoms. The number of nitrogens with one attached hydrogen (secondary N) is 1. The van der Waals surface area contributed by atoms with Gasteiger partial charge in [0.2, 0.25) is 5.91 Å². The first-order valence-electron chi connectivity index (χ1n) is 11.9. The molecule has 186 valence electrons. The zero-order valence-electron chi connectivity index (χ0n) is 20.2. The minimum atomic E-state index is -0.343. The van der Waals surface area contributed by atoms with Crippen molar-refractivity contribution >= 4 is 41.8 Å². The van der Waals surface area contributed by atoms with Gasteiger partial charge in [0.15, 0.2) is 5.96 Å². The first-order chi connectivity index (χ1) is 15.5. The quantitative estimate of drug-likeness (QED) is 0.233. The molecule has 33 heavy (non-hydrogen) atoms. The highest BCUT2D eigenvalue weighted by molar-refractivity contribution is 14.0. The molecule has 1 aliphatic carbocycles. The predicted octanol–water partition coefficient (Wildman–Crippen LogP) is 2.93. The van der Waals surface area contributed by atoms with Crippen molar-refractivity contribution in [2.45, 2.75) is 57.9 Å². The maximum absolute atomic E-state index is 12.2. The van der Waals surface area contributed by atoms with Gasteiger partial charge in [-0.3, -0.25) is 9.48 Å². The minimum Gasteiger partial charge on any atom is -0.462 e. The highest BCUT2D eigenvalue weighted by Gasteiger charge is 2.26. The fraction of sp³-hybridized carbons (Fsp3) is 0.739. The number of piperidine rings is 1. The van der Waals surface area contributed by atoms with Crippen LogP contribution in [0.1, 0.15) is 68.3 Å². The van der Waals surface area contributed by atoms with E-state index in [2.05, 4.69) is 20.3 Å². The first-order valence-corrected chi connectivity index (χ1v) is 11.9. The maximum atomic E-state index is 12.2. The normalized spacial score (nSPS) is 19.5. The van der Waals surface area contributed by atoms with E-state index in [1.165, 1.54) is 32.1 Å². The Hall–Kier alpha value is -1.85. The molecular formula is C23H39IN6O3. The predicted molar refractivity (Wildman–Crippen MR) is 139 cm³/mol. The van der Waals surface area contributed by atoms with Gasteiger partial charge < -0.3 is 19.9 Å². The fourth-order valence-corrected chi connectivity index (χ4v) is 4.40. The van der Waals surface area contributed by atoms with Crippen LogP contribution >= 0.6 is 24.0 Å². The van der Waals surface area contributed by atoms with Gasteiger partial charge in [-0.15, -0.1) is 24.0 Å². The van der Waals surface area contributed by atoms with Crippen molar-refractivity contribution in [3.63, 3.8) is 0 Å². The molecule has 0 aromatic carbocycles. The molecule has 0 radical (unpaired) electrons. The Morgan fingerprint density at radius 3 is 2.67 bits per heavy atom. The van der Waals surface area contributed by atoms with E-state index < -0.39 is 0 Å². The van der Waals surface area contributed by atoms with Crippen molar-refractivity contribution < 1.29 is 14.3 Å². The third-order valence-corrected chi connectivity index (χ3v) is 6.32. The van der Waals surface area contributed by atoms with Crippen LogP contribution < -0.4 is 5.32 Å². The molecule has 1 aromatic heterocycles. The Morgan fingerprint density at radius 1 is 1.21 bits per heavy atom. The molecule has 3 rings (SSSR count). The Bertz CT molecular complexity index is 791. The number of ether oxygens (including phenoxy) is 1. The van der Waals surface area contributed by atoms with Crippen LogP contribution in [0.25, 0.3) is 0 Å². The number of amides is 1. The fourth-order valence-electron chi connectivity index (χ4n) is 4.40. The summed E-state index contributed by atoms with van der Waals surface area (Å²) in [5.74, 6) is 1.11. The van der Waals surface area contributed by atoms with E-state index in [9.17, 15) is 9.59 Å². The standard InChI is InChI=1S/C23H38N6O3.HI/c1-4-32-22(31)19-14-26-29(16-19)20-11-8-12-28(17-20)23(25-15-21(30)27(2)3)24-13-18-9-6-5-7-10-18;/h14,16,18,20H,4-13,15,17H2,1-3H3,(H,24,25);1H. The summed E-state index contributed by atoms with van der Waals surface area (Å²) < 4.78 is 6.95. The molecule has 1 unspecified atom stereocenters. The molecule has 2 aliphatic rings. The van der Waals surface area contributed by atoms with Crippen LogP contribution in [0.3, 0.4) is 0 Å². The van der Waals surface area contributed by atoms with Gasteiger partial charge in [-0.05, 0) is 38.5 Å². The number of carbonyl (C=O) groups is 2. The second-order valence-corrected chi connectivity index (χ2v) is 8.98. The summed E-state index contributed by atoms with van der Waals surface area (Å²) >= 11 is 0. The lowest BCUT2D eigenvalue weighted by Crippen LogP contribution is -2.48. The van der Waals surface area contributed by atoms with Crippen LogP contribution in [0.15, 0.2) is 17.4 Å². The number of aliphatic imine (C=N–C) groups is 1. The highest BCUT2D eigenvalue weighted by atomic mass is 127. The number of halogens is 1. The molecule has 9 nitrogen and oxygen atoms in total. The molecule has 1 saturated heterocycles. The third kappa shape index (κ3) is 8.15. The molecule has 1 aromatic rings. The van der Waals surface area contributed by atoms with E-state index in [1.807, 2.05) is 4.68 Å². The summed E-state index contributed by atoms with van der Waals surface area (Å²) in [4.78, 5) is 32.6. The minimum absolute atomic E-state index is 0. The van der Waals surface area contributed by atoms with E-state index in [0.29, 0.717) is 18.1 Å². The number of aromatic nitrogens is 2. The number of likely N-dealkylation sites (N-methyl/N-ethyl adjacent to an activating group) is 1. The summed E-state index contributed by atoms with van der Waals surface area (Å²) in [5, 5.41) is 7.99. The molecule has 1 aliphatic heterocycles. The van der Waals surface area contributed by atoms with Crippen molar-refractivity contribution in [3.05, 3.63) is 18.0 Å². The van der Waals surface area contributed by atoms with Crippen molar-refractivity contribution in [2.24, 2.45) is 10.9 Å². The van der Waals surface area contributed by atoms with Gasteiger partial charge in [-0.2, -0.15) is 5.10 Å². The summed E-state index contributed by atoms with van der Waals surface area (Å²) in [6.07, 6.45) is 11.7. The molecule has 1 amide bonds. The van der Waals surface area contributed by atoms with E-state index in [1.54, 1.807) is 38.3 Å². The van der Waals surface area contributed by atoms with Crippen LogP contribution in [-0.2, 0) is 9.53 Å². The zero-order valence-corrected chi connectivity index (χ0v) is 22.5. The molecule has 1 saturated carbocycles. The molecule has 1 N–H and O–H groups in total. The largest absolute Gasteiger partial charge is 0.462 e. The molecule has 2 heterocycles. The van der Waals surface area contributed by atoms with E-state index in [0.717, 1.165) is 38.4 Å². The van der Waals surface area contributed by atoms with Crippen LogP contribution in [0.2, 0.25) is 0 Å². The number of hydrogen-bond acceptors (Lipinski definition) is 5. The molecule has 2 fully saturated rings. The lowest BCUT2D eigenvalue weighted by molar-refractivity contribution is -0.127. The summed E-state index contributed by atoms with van der Waals surface area (Å²) in [6, 6.07) is 0.137. The SMILES string of the molecule is CCOC(=O)c1cnn(C2CCCN(C(=NCC(=O)N(C)C)NCC3CCCCC3)C2)c1.I. The van der Waals surface area contributed by atoms with Crippen LogP contribution in [0.5, 0.6) is 0 Å². The van der Waals surface area contributed by atoms with E-state index in [4.69, 9.17) is 4.74 Å². The van der Waals surface area contributed by atoms with Gasteiger partial charge in [0, 0.05) is 39.9 Å². The van der Waals surface area contributed by atoms with Gasteiger partial charge in [-0.25, -0.2) is 9.79 Å². The summed E-state index contributed by atoms with van der Waals surface area (Å²) in [5.41, 5.74) is 0.477. The number of rotatable bonds is 7. The Balaban J connectivity index is 0.00000385. The lowest BCUT2D eigenvalue weighted by Gasteiger charge is -2.36. The number of esters is 1. The number of likely N-dealkylation sites (tertiary alicyclic amines) is 1. The average molecular weight is 575 g/mol. The topological polar surface area (TPSA) is 92.1 Å². The van der Waals surface area contributed by atoms with Gasteiger partial charge in [0.25, 0.3) is 0 Å². The molecule has 0 bridgehead atoms. The Labute approximate surface area is 214 Å². The number of guanidine groups is 1. The average Bonchev–Trinajstić information content (AvgIpc) is 3.30. The second-order valence-electron chi connectivity index (χ2n) is 8.98. The maximum Gasteiger partial charge on any atom is 0.341 e. The summed E-state index contributed by atoms with van der Waals surface area (Å²) in [7, 11) is 3.51. The smallest absolute Gasteiger partial charge is 0.341 e. The van der Waals surface area contributed by atoms with Gasteiger partial charge in [0.05, 0.1) is 24.4 Å². The second kappa shape index (κ2) is 13.8. The zero-order chi connectivity index (χ0) is 22.9. The van der Waals surface area contributed by atoms with Crippen LogP contribution in [0.4, 0.5) is 0 Å². The summed E-state index contributed by atoms with van der Waals surface area (Å²) in [6.45, 7) is 4.79. The van der Waals surface area contributed by atoms with Crippen molar-refractivity contribution in [1.29, 1.82) is 0 Å². The Kier molecular flexibility index (Phi) is 11.4. The third-order valence-electron chi connectivity index (χ3n) is 6.32.